The molecular weight excluding hydrogens is 404 g/mol. The summed E-state index contributed by atoms with van der Waals surface area (Å²) in [5, 5.41) is 7.53. The lowest BCUT2D eigenvalue weighted by molar-refractivity contribution is -0.0157. The summed E-state index contributed by atoms with van der Waals surface area (Å²) in [7, 11) is 0. The summed E-state index contributed by atoms with van der Waals surface area (Å²) < 4.78 is 5.19. The summed E-state index contributed by atoms with van der Waals surface area (Å²) >= 11 is 0. The second-order valence-corrected chi connectivity index (χ2v) is 10.4. The molecule has 4 bridgehead atoms. The number of piperazine rings is 1. The third kappa shape index (κ3) is 3.63. The molecule has 2 aromatic rings. The first kappa shape index (κ1) is 20.0. The maximum atomic E-state index is 13.1. The minimum atomic E-state index is 0.0765. The van der Waals surface area contributed by atoms with Gasteiger partial charge in [0.2, 0.25) is 11.7 Å². The molecule has 4 saturated carbocycles. The van der Waals surface area contributed by atoms with E-state index in [-0.39, 0.29) is 11.6 Å². The van der Waals surface area contributed by atoms with Crippen LogP contribution < -0.4 is 10.2 Å². The molecule has 1 N–H and O–H groups in total. The van der Waals surface area contributed by atoms with E-state index in [0.717, 1.165) is 61.7 Å². The van der Waals surface area contributed by atoms with Crippen LogP contribution in [0, 0.1) is 17.8 Å². The zero-order valence-electron chi connectivity index (χ0n) is 18.8. The maximum absolute atomic E-state index is 13.1. The van der Waals surface area contributed by atoms with Crippen molar-refractivity contribution < 1.29 is 9.32 Å². The van der Waals surface area contributed by atoms with Crippen molar-refractivity contribution in [1.29, 1.82) is 0 Å². The Morgan fingerprint density at radius 2 is 1.78 bits per heavy atom. The number of anilines is 1. The van der Waals surface area contributed by atoms with Gasteiger partial charge in [-0.15, -0.1) is 0 Å². The van der Waals surface area contributed by atoms with E-state index in [1.54, 1.807) is 6.20 Å². The Balaban J connectivity index is 1.05. The minimum Gasteiger partial charge on any atom is -0.353 e. The van der Waals surface area contributed by atoms with Gasteiger partial charge in [0.15, 0.2) is 0 Å². The zero-order chi connectivity index (χ0) is 21.7. The van der Waals surface area contributed by atoms with E-state index in [1.807, 2.05) is 24.0 Å². The SMILES string of the molecule is CCc1nc(-c2ccc(N3CCN(C(=O)NC45CC6CC(CC(C6)C4)C5)CC3)nc2)no1. The van der Waals surface area contributed by atoms with Gasteiger partial charge in [-0.3, -0.25) is 0 Å². The van der Waals surface area contributed by atoms with E-state index in [9.17, 15) is 4.79 Å². The predicted octanol–water partition coefficient (Wildman–Crippen LogP) is 3.49. The average molecular weight is 437 g/mol. The van der Waals surface area contributed by atoms with Crippen molar-refractivity contribution in [2.45, 2.75) is 57.4 Å². The molecule has 8 nitrogen and oxygen atoms in total. The molecule has 8 heteroatoms. The van der Waals surface area contributed by atoms with Gasteiger partial charge in [0, 0.05) is 49.9 Å². The molecule has 0 radical (unpaired) electrons. The molecule has 1 saturated heterocycles. The summed E-state index contributed by atoms with van der Waals surface area (Å²) in [4.78, 5) is 26.3. The van der Waals surface area contributed by atoms with Crippen LogP contribution in [0.4, 0.5) is 10.6 Å². The van der Waals surface area contributed by atoms with Crippen LogP contribution in [0.1, 0.15) is 51.3 Å². The highest BCUT2D eigenvalue weighted by molar-refractivity contribution is 5.75. The number of carbonyl (C=O) groups excluding carboxylic acids is 1. The fourth-order valence-electron chi connectivity index (χ4n) is 6.93. The fraction of sp³-hybridized carbons (Fsp3) is 0.667. The van der Waals surface area contributed by atoms with Gasteiger partial charge in [-0.1, -0.05) is 12.1 Å². The zero-order valence-corrected chi connectivity index (χ0v) is 18.8. The smallest absolute Gasteiger partial charge is 0.317 e. The second-order valence-electron chi connectivity index (χ2n) is 10.4. The Labute approximate surface area is 188 Å². The van der Waals surface area contributed by atoms with E-state index in [4.69, 9.17) is 4.52 Å². The van der Waals surface area contributed by atoms with Crippen molar-refractivity contribution in [3.05, 3.63) is 24.2 Å². The number of carbonyl (C=O) groups is 1. The van der Waals surface area contributed by atoms with Crippen molar-refractivity contribution in [2.24, 2.45) is 17.8 Å². The van der Waals surface area contributed by atoms with E-state index in [0.29, 0.717) is 11.7 Å². The van der Waals surface area contributed by atoms with Crippen LogP contribution in [0.3, 0.4) is 0 Å². The van der Waals surface area contributed by atoms with Crippen molar-refractivity contribution in [1.82, 2.24) is 25.3 Å². The topological polar surface area (TPSA) is 87.4 Å². The van der Waals surface area contributed by atoms with Crippen LogP contribution in [-0.4, -0.2) is 57.8 Å². The molecule has 5 aliphatic rings. The third-order valence-electron chi connectivity index (χ3n) is 8.08. The molecule has 7 rings (SSSR count). The van der Waals surface area contributed by atoms with Crippen LogP contribution in [0.2, 0.25) is 0 Å². The van der Waals surface area contributed by atoms with Crippen LogP contribution in [0.15, 0.2) is 22.9 Å². The number of hydrogen-bond donors (Lipinski definition) is 1. The summed E-state index contributed by atoms with van der Waals surface area (Å²) in [5.74, 6) is 4.66. The number of hydrogen-bond acceptors (Lipinski definition) is 6. The Morgan fingerprint density at radius 3 is 2.34 bits per heavy atom. The van der Waals surface area contributed by atoms with Gasteiger partial charge in [0.25, 0.3) is 0 Å². The van der Waals surface area contributed by atoms with Gasteiger partial charge in [-0.05, 0) is 68.4 Å². The van der Waals surface area contributed by atoms with Gasteiger partial charge in [-0.2, -0.15) is 4.98 Å². The van der Waals surface area contributed by atoms with Gasteiger partial charge in [-0.25, -0.2) is 9.78 Å². The number of aromatic nitrogens is 3. The lowest BCUT2D eigenvalue weighted by Gasteiger charge is -2.57. The standard InChI is InChI=1S/C24H32N6O2/c1-2-21-26-22(28-32-21)19-3-4-20(25-15-19)29-5-7-30(8-6-29)23(31)27-24-12-16-9-17(13-24)11-18(10-16)14-24/h3-4,15-18H,2,5-14H2,1H3,(H,27,31). The molecule has 32 heavy (non-hydrogen) atoms. The first-order valence-electron chi connectivity index (χ1n) is 12.2. The molecule has 170 valence electrons. The van der Waals surface area contributed by atoms with Crippen LogP contribution in [0.5, 0.6) is 0 Å². The number of nitrogens with zero attached hydrogens (tertiary/aromatic N) is 5. The molecule has 0 unspecified atom stereocenters. The van der Waals surface area contributed by atoms with Crippen LogP contribution in [0.25, 0.3) is 11.4 Å². The van der Waals surface area contributed by atoms with Gasteiger partial charge in [0.05, 0.1) is 0 Å². The number of urea groups is 1. The molecule has 0 aromatic carbocycles. The molecule has 0 atom stereocenters. The van der Waals surface area contributed by atoms with Crippen molar-refractivity contribution in [3.63, 3.8) is 0 Å². The van der Waals surface area contributed by atoms with Crippen molar-refractivity contribution in [2.75, 3.05) is 31.1 Å². The van der Waals surface area contributed by atoms with Gasteiger partial charge < -0.3 is 19.6 Å². The number of rotatable bonds is 4. The fourth-order valence-corrected chi connectivity index (χ4v) is 6.93. The number of aryl methyl sites for hydroxylation is 1. The molecule has 2 aromatic heterocycles. The highest BCUT2D eigenvalue weighted by atomic mass is 16.5. The minimum absolute atomic E-state index is 0.0765. The third-order valence-corrected chi connectivity index (χ3v) is 8.08. The molecule has 1 aliphatic heterocycles. The van der Waals surface area contributed by atoms with E-state index in [1.165, 1.54) is 38.5 Å². The summed E-state index contributed by atoms with van der Waals surface area (Å²) in [6.07, 6.45) is 10.3. The normalized spacial score (nSPS) is 31.2. The summed E-state index contributed by atoms with van der Waals surface area (Å²) in [6.45, 7) is 5.03. The number of nitrogens with one attached hydrogen (secondary N) is 1. The van der Waals surface area contributed by atoms with E-state index >= 15 is 0 Å². The van der Waals surface area contributed by atoms with Crippen LogP contribution in [-0.2, 0) is 6.42 Å². The molecule has 2 amide bonds. The monoisotopic (exact) mass is 436 g/mol. The quantitative estimate of drug-likeness (QED) is 0.789. The molecule has 5 fully saturated rings. The first-order valence-corrected chi connectivity index (χ1v) is 12.2. The van der Waals surface area contributed by atoms with E-state index < -0.39 is 0 Å². The number of amides is 2. The maximum Gasteiger partial charge on any atom is 0.317 e. The molecular formula is C24H32N6O2. The van der Waals surface area contributed by atoms with Crippen LogP contribution >= 0.6 is 0 Å². The molecule has 0 spiro atoms. The van der Waals surface area contributed by atoms with E-state index in [2.05, 4.69) is 25.3 Å². The average Bonchev–Trinajstić information content (AvgIpc) is 3.27. The highest BCUT2D eigenvalue weighted by Gasteiger charge is 2.51. The lowest BCUT2D eigenvalue weighted by Crippen LogP contribution is -2.63. The molecule has 4 aliphatic carbocycles. The largest absolute Gasteiger partial charge is 0.353 e. The lowest BCUT2D eigenvalue weighted by atomic mass is 9.53. The van der Waals surface area contributed by atoms with Crippen molar-refractivity contribution >= 4 is 11.8 Å². The Kier molecular flexibility index (Phi) is 4.84. The Bertz CT molecular complexity index is 943. The Morgan fingerprint density at radius 1 is 1.09 bits per heavy atom. The van der Waals surface area contributed by atoms with Gasteiger partial charge in [0.1, 0.15) is 5.82 Å². The Hall–Kier alpha value is -2.64. The number of pyridine rings is 1. The predicted molar refractivity (Wildman–Crippen MR) is 120 cm³/mol. The summed E-state index contributed by atoms with van der Waals surface area (Å²) in [5.41, 5.74) is 0.929. The molecule has 3 heterocycles. The highest BCUT2D eigenvalue weighted by Crippen LogP contribution is 2.55. The first-order chi connectivity index (χ1) is 15.6. The van der Waals surface area contributed by atoms with Gasteiger partial charge >= 0.3 is 6.03 Å². The second kappa shape index (κ2) is 7.74. The summed E-state index contributed by atoms with van der Waals surface area (Å²) in [6, 6.07) is 4.13. The van der Waals surface area contributed by atoms with Crippen molar-refractivity contribution in [3.8, 4) is 11.4 Å².